The Morgan fingerprint density at radius 1 is 1.16 bits per heavy atom. The van der Waals surface area contributed by atoms with E-state index >= 15 is 0 Å². The van der Waals surface area contributed by atoms with E-state index < -0.39 is 15.3 Å². The van der Waals surface area contributed by atoms with Crippen molar-refractivity contribution in [2.75, 3.05) is 19.3 Å². The van der Waals surface area contributed by atoms with Crippen molar-refractivity contribution in [1.82, 2.24) is 4.90 Å². The lowest BCUT2D eigenvalue weighted by molar-refractivity contribution is -0.143. The Balaban J connectivity index is 1.84. The quantitative estimate of drug-likeness (QED) is 0.824. The van der Waals surface area contributed by atoms with Crippen LogP contribution < -0.4 is 0 Å². The highest BCUT2D eigenvalue weighted by Gasteiger charge is 2.48. The third-order valence-electron chi connectivity index (χ3n) is 6.14. The molecule has 1 aliphatic carbocycles. The molecule has 1 saturated heterocycles. The molecule has 25 heavy (non-hydrogen) atoms. The highest BCUT2D eigenvalue weighted by molar-refractivity contribution is 7.90. The molecule has 2 fully saturated rings. The normalized spacial score (nSPS) is 23.4. The van der Waals surface area contributed by atoms with E-state index in [0.717, 1.165) is 44.3 Å². The van der Waals surface area contributed by atoms with Crippen LogP contribution in [-0.4, -0.2) is 38.6 Å². The second-order valence-corrected chi connectivity index (χ2v) is 10.1. The van der Waals surface area contributed by atoms with Crippen LogP contribution in [-0.2, 0) is 20.0 Å². The fourth-order valence-electron chi connectivity index (χ4n) is 4.22. The zero-order valence-corrected chi connectivity index (χ0v) is 16.3. The highest BCUT2D eigenvalue weighted by Crippen LogP contribution is 2.46. The zero-order chi connectivity index (χ0) is 18.2. The second kappa shape index (κ2) is 6.75. The maximum Gasteiger partial charge on any atom is 0.233 e. The van der Waals surface area contributed by atoms with E-state index in [4.69, 9.17) is 0 Å². The van der Waals surface area contributed by atoms with Gasteiger partial charge in [0.2, 0.25) is 5.91 Å². The summed E-state index contributed by atoms with van der Waals surface area (Å²) in [5.74, 6) is 1.43. The minimum absolute atomic E-state index is 0.246. The molecule has 0 aromatic heterocycles. The minimum Gasteiger partial charge on any atom is -0.342 e. The number of likely N-dealkylation sites (tertiary alicyclic amines) is 1. The first-order chi connectivity index (χ1) is 11.7. The molecule has 1 aromatic rings. The molecule has 0 N–H and O–H groups in total. The van der Waals surface area contributed by atoms with Crippen LogP contribution in [0.25, 0.3) is 0 Å². The van der Waals surface area contributed by atoms with Crippen LogP contribution in [0.5, 0.6) is 0 Å². The lowest BCUT2D eigenvalue weighted by atomic mass is 9.63. The zero-order valence-electron chi connectivity index (χ0n) is 15.5. The summed E-state index contributed by atoms with van der Waals surface area (Å²) in [5, 5.41) is 0. The molecule has 0 unspecified atom stereocenters. The smallest absolute Gasteiger partial charge is 0.233 e. The van der Waals surface area contributed by atoms with Crippen LogP contribution >= 0.6 is 0 Å². The Morgan fingerprint density at radius 3 is 2.28 bits per heavy atom. The Bertz CT molecular complexity index is 733. The van der Waals surface area contributed by atoms with Crippen molar-refractivity contribution in [3.63, 3.8) is 0 Å². The van der Waals surface area contributed by atoms with Gasteiger partial charge in [-0.3, -0.25) is 4.79 Å². The minimum atomic E-state index is -3.21. The first-order valence-corrected chi connectivity index (χ1v) is 11.2. The molecule has 1 aromatic carbocycles. The predicted octanol–water partition coefficient (Wildman–Crippen LogP) is 3.41. The topological polar surface area (TPSA) is 54.5 Å². The molecule has 4 nitrogen and oxygen atoms in total. The van der Waals surface area contributed by atoms with Gasteiger partial charge in [-0.15, -0.1) is 0 Å². The van der Waals surface area contributed by atoms with E-state index in [1.54, 1.807) is 12.1 Å². The number of hydrogen-bond acceptors (Lipinski definition) is 3. The number of hydrogen-bond donors (Lipinski definition) is 0. The SMILES string of the molecule is CC(C)[C@H]1CCCN(C(=O)C2(c3ccc(S(C)(=O)=O)cc3)CCC2)C1. The fourth-order valence-corrected chi connectivity index (χ4v) is 4.85. The number of carbonyl (C=O) groups excluding carboxylic acids is 1. The molecule has 0 spiro atoms. The molecule has 1 saturated carbocycles. The van der Waals surface area contributed by atoms with Gasteiger partial charge < -0.3 is 4.90 Å². The average molecular weight is 364 g/mol. The van der Waals surface area contributed by atoms with Gasteiger partial charge in [0.25, 0.3) is 0 Å². The second-order valence-electron chi connectivity index (χ2n) is 8.13. The van der Waals surface area contributed by atoms with Crippen LogP contribution in [0.4, 0.5) is 0 Å². The summed E-state index contributed by atoms with van der Waals surface area (Å²) in [7, 11) is -3.21. The van der Waals surface area contributed by atoms with Crippen molar-refractivity contribution in [1.29, 1.82) is 0 Å². The molecule has 5 heteroatoms. The van der Waals surface area contributed by atoms with Crippen molar-refractivity contribution in [2.45, 2.75) is 56.3 Å². The largest absolute Gasteiger partial charge is 0.342 e. The number of rotatable bonds is 4. The van der Waals surface area contributed by atoms with Crippen LogP contribution in [0, 0.1) is 11.8 Å². The molecule has 1 aliphatic heterocycles. The summed E-state index contributed by atoms with van der Waals surface area (Å²) in [4.78, 5) is 15.7. The van der Waals surface area contributed by atoms with E-state index in [-0.39, 0.29) is 5.91 Å². The van der Waals surface area contributed by atoms with Crippen LogP contribution in [0.1, 0.15) is 51.5 Å². The lowest BCUT2D eigenvalue weighted by Crippen LogP contribution is -2.54. The van der Waals surface area contributed by atoms with Crippen molar-refractivity contribution in [3.8, 4) is 0 Å². The average Bonchev–Trinajstić information content (AvgIpc) is 2.53. The molecule has 0 radical (unpaired) electrons. The first kappa shape index (κ1) is 18.4. The number of amides is 1. The highest BCUT2D eigenvalue weighted by atomic mass is 32.2. The Morgan fingerprint density at radius 2 is 1.80 bits per heavy atom. The lowest BCUT2D eigenvalue weighted by Gasteiger charge is -2.46. The van der Waals surface area contributed by atoms with Gasteiger partial charge in [-0.05, 0) is 55.2 Å². The summed E-state index contributed by atoms with van der Waals surface area (Å²) in [6.07, 6.45) is 6.29. The van der Waals surface area contributed by atoms with Crippen LogP contribution in [0.2, 0.25) is 0 Å². The molecule has 2 aliphatic rings. The van der Waals surface area contributed by atoms with Gasteiger partial charge >= 0.3 is 0 Å². The van der Waals surface area contributed by atoms with Crippen molar-refractivity contribution in [3.05, 3.63) is 29.8 Å². The molecular formula is C20H29NO3S. The van der Waals surface area contributed by atoms with Gasteiger partial charge in [0, 0.05) is 19.3 Å². The summed E-state index contributed by atoms with van der Waals surface area (Å²) in [6.45, 7) is 6.19. The van der Waals surface area contributed by atoms with E-state index in [1.807, 2.05) is 12.1 Å². The fraction of sp³-hybridized carbons (Fsp3) is 0.650. The van der Waals surface area contributed by atoms with Gasteiger partial charge in [0.15, 0.2) is 9.84 Å². The van der Waals surface area contributed by atoms with E-state index in [0.29, 0.717) is 16.7 Å². The molecule has 0 bridgehead atoms. The Kier molecular flexibility index (Phi) is 4.97. The molecule has 138 valence electrons. The summed E-state index contributed by atoms with van der Waals surface area (Å²) in [5.41, 5.74) is 0.539. The molecule has 3 rings (SSSR count). The van der Waals surface area contributed by atoms with E-state index in [1.165, 1.54) is 12.7 Å². The van der Waals surface area contributed by atoms with E-state index in [9.17, 15) is 13.2 Å². The van der Waals surface area contributed by atoms with Gasteiger partial charge in [0.05, 0.1) is 10.3 Å². The van der Waals surface area contributed by atoms with Crippen LogP contribution in [0.15, 0.2) is 29.2 Å². The van der Waals surface area contributed by atoms with Crippen molar-refractivity contribution in [2.24, 2.45) is 11.8 Å². The first-order valence-electron chi connectivity index (χ1n) is 9.34. The third kappa shape index (κ3) is 3.48. The monoisotopic (exact) mass is 363 g/mol. The molecule has 1 heterocycles. The summed E-state index contributed by atoms with van der Waals surface area (Å²) in [6, 6.07) is 6.98. The third-order valence-corrected chi connectivity index (χ3v) is 7.27. The maximum absolute atomic E-state index is 13.4. The molecular weight excluding hydrogens is 334 g/mol. The predicted molar refractivity (Wildman–Crippen MR) is 99.2 cm³/mol. The van der Waals surface area contributed by atoms with E-state index in [2.05, 4.69) is 18.7 Å². The van der Waals surface area contributed by atoms with Gasteiger partial charge in [0.1, 0.15) is 0 Å². The maximum atomic E-state index is 13.4. The summed E-state index contributed by atoms with van der Waals surface area (Å²) < 4.78 is 23.4. The molecule has 1 atom stereocenters. The molecule has 1 amide bonds. The van der Waals surface area contributed by atoms with Crippen LogP contribution in [0.3, 0.4) is 0 Å². The van der Waals surface area contributed by atoms with Gasteiger partial charge in [-0.2, -0.15) is 0 Å². The summed E-state index contributed by atoms with van der Waals surface area (Å²) >= 11 is 0. The number of piperidine rings is 1. The van der Waals surface area contributed by atoms with Crippen molar-refractivity contribution >= 4 is 15.7 Å². The van der Waals surface area contributed by atoms with Gasteiger partial charge in [-0.1, -0.05) is 32.4 Å². The van der Waals surface area contributed by atoms with Gasteiger partial charge in [-0.25, -0.2) is 8.42 Å². The standard InChI is InChI=1S/C20H29NO3S/c1-15(2)16-6-4-13-21(14-16)19(22)20(11-5-12-20)17-7-9-18(10-8-17)25(3,23)24/h7-10,15-16H,4-6,11-14H2,1-3H3/t16-/m0/s1. The number of benzene rings is 1. The number of sulfone groups is 1. The number of nitrogens with zero attached hydrogens (tertiary/aromatic N) is 1. The Labute approximate surface area is 151 Å². The number of carbonyl (C=O) groups is 1. The Hall–Kier alpha value is -1.36. The van der Waals surface area contributed by atoms with Crippen molar-refractivity contribution < 1.29 is 13.2 Å².